The summed E-state index contributed by atoms with van der Waals surface area (Å²) in [6, 6.07) is 25.3. The largest absolute Gasteiger partial charge is 0.497 e. The van der Waals surface area contributed by atoms with Gasteiger partial charge in [-0.3, -0.25) is 0 Å². The second kappa shape index (κ2) is 20.3. The van der Waals surface area contributed by atoms with E-state index < -0.39 is 106 Å². The van der Waals surface area contributed by atoms with Gasteiger partial charge in [0.15, 0.2) is 0 Å². The summed E-state index contributed by atoms with van der Waals surface area (Å²) in [6.07, 6.45) is -11.0. The average molecular weight is 1040 g/mol. The minimum absolute atomic E-state index is 0.0412. The van der Waals surface area contributed by atoms with E-state index in [1.165, 1.54) is 7.11 Å². The minimum atomic E-state index is -3.52. The molecule has 3 aromatic carbocycles. The van der Waals surface area contributed by atoms with Crippen molar-refractivity contribution in [2.75, 3.05) is 27.4 Å². The molecule has 0 unspecified atom stereocenters. The number of methoxy groups -OCH3 is 2. The molecule has 1 N–H and O–H groups in total. The molecule has 5 fully saturated rings. The van der Waals surface area contributed by atoms with E-state index in [4.69, 9.17) is 55.9 Å². The SMILES string of the molecule is COC(=O)[C@]1(O[C@H]2[C@@H](O)[C@@H](COCc3ccccc3)O[C@@H](Oc3ccc(OC)cc3)[C@@H]2OCc2ccccc2)C[C@@H]2OC(=O)N3[C@H]2[C@@H](O1)[C@@H]([C@H]1CO[Si](C(C)(C)C)(C(C)(C)C)O1)O[Si]3(C(C)(C)C)C(C)(C)C. The molecule has 0 radical (unpaired) electrons. The number of amides is 1. The van der Waals surface area contributed by atoms with Crippen molar-refractivity contribution in [2.24, 2.45) is 0 Å². The van der Waals surface area contributed by atoms with E-state index in [2.05, 4.69) is 83.1 Å². The normalized spacial score (nSPS) is 31.4. The monoisotopic (exact) mass is 1040 g/mol. The van der Waals surface area contributed by atoms with Crippen molar-refractivity contribution >= 4 is 29.1 Å². The van der Waals surface area contributed by atoms with E-state index in [1.807, 2.05) is 65.2 Å². The Labute approximate surface area is 427 Å². The number of esters is 1. The molecular formula is C54H77NO15Si2. The molecule has 3 aromatic rings. The summed E-state index contributed by atoms with van der Waals surface area (Å²) in [5, 5.41) is 10.8. The lowest BCUT2D eigenvalue weighted by molar-refractivity contribution is -0.368. The highest BCUT2D eigenvalue weighted by atomic mass is 28.4. The number of rotatable bonds is 14. The first-order chi connectivity index (χ1) is 33.8. The van der Waals surface area contributed by atoms with Crippen molar-refractivity contribution in [1.82, 2.24) is 4.57 Å². The summed E-state index contributed by atoms with van der Waals surface area (Å²) in [7, 11) is -3.80. The van der Waals surface area contributed by atoms with Crippen molar-refractivity contribution in [2.45, 2.75) is 190 Å². The molecule has 0 bridgehead atoms. The van der Waals surface area contributed by atoms with Crippen molar-refractivity contribution in [3.63, 3.8) is 0 Å². The third kappa shape index (κ3) is 9.90. The molecule has 396 valence electrons. The first-order valence-corrected chi connectivity index (χ1v) is 28.8. The van der Waals surface area contributed by atoms with Crippen molar-refractivity contribution < 1.29 is 70.6 Å². The molecular weight excluding hydrogens is 959 g/mol. The van der Waals surface area contributed by atoms with Gasteiger partial charge in [0, 0.05) is 20.2 Å². The van der Waals surface area contributed by atoms with Crippen LogP contribution < -0.4 is 9.47 Å². The molecule has 1 amide bonds. The lowest BCUT2D eigenvalue weighted by Crippen LogP contribution is -2.81. The number of nitrogens with zero attached hydrogens (tertiary/aromatic N) is 1. The quantitative estimate of drug-likeness (QED) is 0.120. The van der Waals surface area contributed by atoms with E-state index in [9.17, 15) is 14.7 Å². The van der Waals surface area contributed by atoms with E-state index >= 15 is 0 Å². The van der Waals surface area contributed by atoms with E-state index in [-0.39, 0.29) is 42.9 Å². The Bertz CT molecular complexity index is 2300. The molecule has 11 atom stereocenters. The maximum absolute atomic E-state index is 14.9. The fourth-order valence-corrected chi connectivity index (χ4v) is 23.3. The third-order valence-corrected chi connectivity index (χ3v) is 25.8. The smallest absolute Gasteiger partial charge is 0.404 e. The van der Waals surface area contributed by atoms with Gasteiger partial charge in [-0.05, 0) is 35.4 Å². The van der Waals surface area contributed by atoms with Crippen LogP contribution in [0.25, 0.3) is 0 Å². The maximum atomic E-state index is 14.9. The summed E-state index contributed by atoms with van der Waals surface area (Å²) in [5.74, 6) is -2.23. The van der Waals surface area contributed by atoms with Gasteiger partial charge in [0.2, 0.25) is 6.29 Å². The van der Waals surface area contributed by atoms with Crippen LogP contribution in [-0.4, -0.2) is 133 Å². The number of aliphatic hydroxyl groups is 1. The van der Waals surface area contributed by atoms with Gasteiger partial charge in [0.1, 0.15) is 54.2 Å². The standard InChI is InChI=1S/C54H77NO15Si2/c1-50(2,3)71(51(4,5)6)55-41-38(66-49(55)58)29-54(48(57)60-14,67-44(41)43(70-71)40-33-63-72(69-40,52(7,8)9)53(10,11)12)68-45-42(56)39(32-61-30-34-21-17-15-18-22-34)65-47(64-37-27-25-36(59-13)26-28-37)46(45)62-31-35-23-19-16-20-24-35/h15-28,38-47,56H,29-33H2,1-14H3/t38-,39+,40+,41+,42-,43+,44+,45-,46+,47+,54+/m0/s1. The van der Waals surface area contributed by atoms with Gasteiger partial charge < -0.3 is 65.6 Å². The van der Waals surface area contributed by atoms with Crippen LogP contribution >= 0.6 is 0 Å². The summed E-state index contributed by atoms with van der Waals surface area (Å²) in [5.41, 5.74) is 1.73. The summed E-state index contributed by atoms with van der Waals surface area (Å²) in [4.78, 5) is 29.7. The number of hydrogen-bond acceptors (Lipinski definition) is 15. The summed E-state index contributed by atoms with van der Waals surface area (Å²) < 4.78 is 82.0. The Morgan fingerprint density at radius 2 is 1.32 bits per heavy atom. The van der Waals surface area contributed by atoms with Crippen LogP contribution in [0.5, 0.6) is 11.5 Å². The molecule has 0 aromatic heterocycles. The highest BCUT2D eigenvalue weighted by Crippen LogP contribution is 2.62. The highest BCUT2D eigenvalue weighted by molar-refractivity contribution is 6.79. The van der Waals surface area contributed by atoms with Crippen LogP contribution in [0.15, 0.2) is 84.9 Å². The number of hydrogen-bond donors (Lipinski definition) is 1. The Hall–Kier alpha value is -3.93. The van der Waals surface area contributed by atoms with Crippen LogP contribution in [0.3, 0.4) is 0 Å². The van der Waals surface area contributed by atoms with Crippen LogP contribution in [0.1, 0.15) is 101 Å². The minimum Gasteiger partial charge on any atom is -0.497 e. The molecule has 5 saturated heterocycles. The Morgan fingerprint density at radius 3 is 1.86 bits per heavy atom. The number of carbonyl (C=O) groups excluding carboxylic acids is 2. The molecule has 5 heterocycles. The molecule has 8 rings (SSSR count). The second-order valence-corrected chi connectivity index (χ2v) is 33.6. The zero-order chi connectivity index (χ0) is 52.2. The van der Waals surface area contributed by atoms with E-state index in [0.29, 0.717) is 11.5 Å². The first kappa shape index (κ1) is 54.3. The third-order valence-electron chi connectivity index (χ3n) is 14.8. The molecule has 0 spiro atoms. The number of ether oxygens (including phenoxy) is 9. The maximum Gasteiger partial charge on any atom is 0.404 e. The highest BCUT2D eigenvalue weighted by Gasteiger charge is 2.77. The van der Waals surface area contributed by atoms with Gasteiger partial charge in [-0.25, -0.2) is 9.59 Å². The lowest BCUT2D eigenvalue weighted by atomic mass is 9.88. The van der Waals surface area contributed by atoms with Gasteiger partial charge in [-0.2, -0.15) is 0 Å². The summed E-state index contributed by atoms with van der Waals surface area (Å²) >= 11 is 0. The Morgan fingerprint density at radius 1 is 0.736 bits per heavy atom. The molecule has 0 aliphatic carbocycles. The van der Waals surface area contributed by atoms with Crippen molar-refractivity contribution in [1.29, 1.82) is 0 Å². The van der Waals surface area contributed by atoms with Crippen molar-refractivity contribution in [3.05, 3.63) is 96.1 Å². The number of aliphatic hydroxyl groups excluding tert-OH is 1. The topological polar surface area (TPSA) is 168 Å². The van der Waals surface area contributed by atoms with Gasteiger partial charge in [0.05, 0.1) is 59.2 Å². The van der Waals surface area contributed by atoms with Crippen LogP contribution in [0.4, 0.5) is 4.79 Å². The average Bonchev–Trinajstić information content (AvgIpc) is 3.94. The van der Waals surface area contributed by atoms with Gasteiger partial charge in [-0.1, -0.05) is 144 Å². The lowest BCUT2D eigenvalue weighted by Gasteiger charge is -2.63. The molecule has 16 nitrogen and oxygen atoms in total. The molecule has 5 aliphatic rings. The number of carbonyl (C=O) groups is 2. The Balaban J connectivity index is 1.24. The molecule has 0 saturated carbocycles. The molecule has 18 heteroatoms. The van der Waals surface area contributed by atoms with E-state index in [1.54, 1.807) is 31.4 Å². The predicted molar refractivity (Wildman–Crippen MR) is 270 cm³/mol. The van der Waals surface area contributed by atoms with Crippen molar-refractivity contribution in [3.8, 4) is 11.5 Å². The molecule has 5 aliphatic heterocycles. The van der Waals surface area contributed by atoms with Gasteiger partial charge >= 0.3 is 29.1 Å². The first-order valence-electron chi connectivity index (χ1n) is 25.1. The van der Waals surface area contributed by atoms with E-state index in [0.717, 1.165) is 11.1 Å². The van der Waals surface area contributed by atoms with Gasteiger partial charge in [0.25, 0.3) is 5.79 Å². The second-order valence-electron chi connectivity index (χ2n) is 23.8. The van der Waals surface area contributed by atoms with Gasteiger partial charge in [-0.15, -0.1) is 0 Å². The predicted octanol–water partition coefficient (Wildman–Crippen LogP) is 9.09. The fraction of sp³-hybridized carbons (Fsp3) is 0.630. The van der Waals surface area contributed by atoms with Crippen LogP contribution in [0.2, 0.25) is 20.2 Å². The van der Waals surface area contributed by atoms with Crippen LogP contribution in [-0.2, 0) is 64.4 Å². The zero-order valence-electron chi connectivity index (χ0n) is 44.5. The Kier molecular flexibility index (Phi) is 15.3. The van der Waals surface area contributed by atoms with Crippen LogP contribution in [0, 0.1) is 0 Å². The zero-order valence-corrected chi connectivity index (χ0v) is 46.5. The fourth-order valence-electron chi connectivity index (χ4n) is 12.1. The molecule has 72 heavy (non-hydrogen) atoms. The summed E-state index contributed by atoms with van der Waals surface area (Å²) in [6.45, 7) is 25.9. The number of benzene rings is 3.